The molecule has 0 atom stereocenters. The molecule has 0 aliphatic heterocycles. The van der Waals surface area contributed by atoms with Gasteiger partial charge in [0, 0.05) is 32.4 Å². The second kappa shape index (κ2) is 7.72. The zero-order chi connectivity index (χ0) is 14.3. The molecular weight excluding hydrogens is 240 g/mol. The number of nitriles is 1. The molecule has 1 rings (SSSR count). The summed E-state index contributed by atoms with van der Waals surface area (Å²) in [7, 11) is 3.75. The summed E-state index contributed by atoms with van der Waals surface area (Å²) in [4.78, 5) is 6.48. The third-order valence-corrected chi connectivity index (χ3v) is 2.93. The van der Waals surface area contributed by atoms with Gasteiger partial charge in [-0.3, -0.25) is 4.98 Å². The van der Waals surface area contributed by atoms with E-state index in [1.807, 2.05) is 19.9 Å². The van der Waals surface area contributed by atoms with Crippen LogP contribution in [0.2, 0.25) is 0 Å². The summed E-state index contributed by atoms with van der Waals surface area (Å²) in [6.45, 7) is 7.11. The standard InChI is InChI=1S/C14H22N4O/c1-11-9-14(13(10-15)12(2)17-11)16-5-6-18(3)7-8-19-4/h9H,5-8H2,1-4H3,(H,16,17). The van der Waals surface area contributed by atoms with Gasteiger partial charge in [-0.1, -0.05) is 0 Å². The molecule has 0 aliphatic rings. The van der Waals surface area contributed by atoms with Crippen molar-refractivity contribution in [2.45, 2.75) is 13.8 Å². The van der Waals surface area contributed by atoms with E-state index < -0.39 is 0 Å². The second-order valence-electron chi connectivity index (χ2n) is 4.61. The number of aryl methyl sites for hydroxylation is 2. The first kappa shape index (κ1) is 15.4. The molecule has 0 saturated heterocycles. The van der Waals surface area contributed by atoms with Crippen LogP contribution in [0.15, 0.2) is 6.07 Å². The maximum atomic E-state index is 9.16. The van der Waals surface area contributed by atoms with Gasteiger partial charge >= 0.3 is 0 Å². The zero-order valence-electron chi connectivity index (χ0n) is 12.2. The van der Waals surface area contributed by atoms with E-state index >= 15 is 0 Å². The molecule has 19 heavy (non-hydrogen) atoms. The molecule has 1 N–H and O–H groups in total. The van der Waals surface area contributed by atoms with E-state index in [9.17, 15) is 0 Å². The number of hydrogen-bond acceptors (Lipinski definition) is 5. The summed E-state index contributed by atoms with van der Waals surface area (Å²) in [5, 5.41) is 12.5. The minimum atomic E-state index is 0.630. The molecule has 0 radical (unpaired) electrons. The SMILES string of the molecule is COCCN(C)CCNc1cc(C)nc(C)c1C#N. The molecule has 0 saturated carbocycles. The molecule has 0 amide bonds. The molecule has 0 spiro atoms. The van der Waals surface area contributed by atoms with E-state index in [1.54, 1.807) is 7.11 Å². The number of pyridine rings is 1. The molecule has 0 unspecified atom stereocenters. The van der Waals surface area contributed by atoms with E-state index in [0.29, 0.717) is 5.56 Å². The molecule has 5 heteroatoms. The molecule has 0 aliphatic carbocycles. The van der Waals surface area contributed by atoms with Crippen molar-refractivity contribution in [2.75, 3.05) is 45.7 Å². The molecule has 0 fully saturated rings. The molecule has 1 aromatic heterocycles. The van der Waals surface area contributed by atoms with E-state index in [1.165, 1.54) is 0 Å². The first-order valence-corrected chi connectivity index (χ1v) is 6.38. The lowest BCUT2D eigenvalue weighted by molar-refractivity contribution is 0.163. The van der Waals surface area contributed by atoms with Crippen molar-refractivity contribution in [1.29, 1.82) is 5.26 Å². The van der Waals surface area contributed by atoms with E-state index in [-0.39, 0.29) is 0 Å². The van der Waals surface area contributed by atoms with Crippen molar-refractivity contribution < 1.29 is 4.74 Å². The van der Waals surface area contributed by atoms with Crippen LogP contribution in [0.4, 0.5) is 5.69 Å². The van der Waals surface area contributed by atoms with Crippen LogP contribution < -0.4 is 5.32 Å². The third-order valence-electron chi connectivity index (χ3n) is 2.93. The Morgan fingerprint density at radius 1 is 1.42 bits per heavy atom. The van der Waals surface area contributed by atoms with Crippen LogP contribution in [0, 0.1) is 25.2 Å². The topological polar surface area (TPSA) is 61.2 Å². The Bertz CT molecular complexity index is 453. The summed E-state index contributed by atoms with van der Waals surface area (Å²) in [6, 6.07) is 4.12. The van der Waals surface area contributed by atoms with Crippen molar-refractivity contribution >= 4 is 5.69 Å². The monoisotopic (exact) mass is 262 g/mol. The van der Waals surface area contributed by atoms with Gasteiger partial charge in [0.25, 0.3) is 0 Å². The highest BCUT2D eigenvalue weighted by Gasteiger charge is 2.07. The Morgan fingerprint density at radius 3 is 2.79 bits per heavy atom. The Balaban J connectivity index is 2.56. The lowest BCUT2D eigenvalue weighted by atomic mass is 10.1. The number of anilines is 1. The maximum Gasteiger partial charge on any atom is 0.103 e. The fourth-order valence-corrected chi connectivity index (χ4v) is 1.85. The lowest BCUT2D eigenvalue weighted by Gasteiger charge is -2.17. The highest BCUT2D eigenvalue weighted by molar-refractivity contribution is 5.59. The molecule has 5 nitrogen and oxygen atoms in total. The number of nitrogens with one attached hydrogen (secondary N) is 1. The summed E-state index contributed by atoms with van der Waals surface area (Å²) in [5.41, 5.74) is 3.20. The summed E-state index contributed by atoms with van der Waals surface area (Å²) in [6.07, 6.45) is 0. The first-order valence-electron chi connectivity index (χ1n) is 6.38. The number of rotatable bonds is 7. The smallest absolute Gasteiger partial charge is 0.103 e. The Labute approximate surface area is 115 Å². The number of likely N-dealkylation sites (N-methyl/N-ethyl adjacent to an activating group) is 1. The highest BCUT2D eigenvalue weighted by atomic mass is 16.5. The number of aromatic nitrogens is 1. The van der Waals surface area contributed by atoms with Crippen LogP contribution in [0.5, 0.6) is 0 Å². The number of methoxy groups -OCH3 is 1. The van der Waals surface area contributed by atoms with Gasteiger partial charge in [-0.05, 0) is 27.0 Å². The van der Waals surface area contributed by atoms with Crippen molar-refractivity contribution in [3.63, 3.8) is 0 Å². The fraction of sp³-hybridized carbons (Fsp3) is 0.571. The second-order valence-corrected chi connectivity index (χ2v) is 4.61. The van der Waals surface area contributed by atoms with Crippen LogP contribution in [0.3, 0.4) is 0 Å². The van der Waals surface area contributed by atoms with Crippen molar-refractivity contribution in [2.24, 2.45) is 0 Å². The molecule has 1 aromatic rings. The Kier molecular flexibility index (Phi) is 6.26. The summed E-state index contributed by atoms with van der Waals surface area (Å²) >= 11 is 0. The van der Waals surface area contributed by atoms with Gasteiger partial charge in [0.15, 0.2) is 0 Å². The number of ether oxygens (including phenoxy) is 1. The molecule has 104 valence electrons. The Morgan fingerprint density at radius 2 is 2.16 bits per heavy atom. The zero-order valence-corrected chi connectivity index (χ0v) is 12.2. The first-order chi connectivity index (χ1) is 9.08. The van der Waals surface area contributed by atoms with Crippen molar-refractivity contribution in [3.8, 4) is 6.07 Å². The van der Waals surface area contributed by atoms with E-state index in [2.05, 4.69) is 28.3 Å². The van der Waals surface area contributed by atoms with E-state index in [4.69, 9.17) is 10.00 Å². The maximum absolute atomic E-state index is 9.16. The lowest BCUT2D eigenvalue weighted by Crippen LogP contribution is -2.28. The minimum Gasteiger partial charge on any atom is -0.383 e. The minimum absolute atomic E-state index is 0.630. The molecule has 0 aromatic carbocycles. The van der Waals surface area contributed by atoms with Gasteiger partial charge in [-0.2, -0.15) is 5.26 Å². The van der Waals surface area contributed by atoms with Gasteiger partial charge in [-0.25, -0.2) is 0 Å². The largest absolute Gasteiger partial charge is 0.383 e. The van der Waals surface area contributed by atoms with Gasteiger partial charge in [0.1, 0.15) is 6.07 Å². The summed E-state index contributed by atoms with van der Waals surface area (Å²) in [5.74, 6) is 0. The van der Waals surface area contributed by atoms with Gasteiger partial charge < -0.3 is 15.0 Å². The number of nitrogens with zero attached hydrogens (tertiary/aromatic N) is 3. The van der Waals surface area contributed by atoms with E-state index in [0.717, 1.165) is 43.3 Å². The normalized spacial score (nSPS) is 10.5. The van der Waals surface area contributed by atoms with Gasteiger partial charge in [0.05, 0.1) is 23.6 Å². The quantitative estimate of drug-likeness (QED) is 0.808. The van der Waals surface area contributed by atoms with Crippen LogP contribution in [-0.2, 0) is 4.74 Å². The van der Waals surface area contributed by atoms with Crippen molar-refractivity contribution in [3.05, 3.63) is 23.0 Å². The molecule has 0 bridgehead atoms. The average Bonchev–Trinajstić information content (AvgIpc) is 2.36. The van der Waals surface area contributed by atoms with Gasteiger partial charge in [0.2, 0.25) is 0 Å². The van der Waals surface area contributed by atoms with Gasteiger partial charge in [-0.15, -0.1) is 0 Å². The third kappa shape index (κ3) is 4.86. The highest BCUT2D eigenvalue weighted by Crippen LogP contribution is 2.18. The predicted octanol–water partition coefficient (Wildman–Crippen LogP) is 1.56. The van der Waals surface area contributed by atoms with Crippen LogP contribution in [0.1, 0.15) is 17.0 Å². The van der Waals surface area contributed by atoms with Crippen LogP contribution in [-0.4, -0.2) is 50.3 Å². The molecular formula is C14H22N4O. The average molecular weight is 262 g/mol. The summed E-state index contributed by atoms with van der Waals surface area (Å²) < 4.78 is 5.03. The van der Waals surface area contributed by atoms with Crippen LogP contribution in [0.25, 0.3) is 0 Å². The van der Waals surface area contributed by atoms with Crippen molar-refractivity contribution in [1.82, 2.24) is 9.88 Å². The van der Waals surface area contributed by atoms with Crippen LogP contribution >= 0.6 is 0 Å². The Hall–Kier alpha value is -1.64. The number of hydrogen-bond donors (Lipinski definition) is 1. The fourth-order valence-electron chi connectivity index (χ4n) is 1.85. The molecule has 1 heterocycles. The predicted molar refractivity (Wildman–Crippen MR) is 76.3 cm³/mol.